The van der Waals surface area contributed by atoms with E-state index in [1.165, 1.54) is 18.2 Å². The van der Waals surface area contributed by atoms with E-state index in [9.17, 15) is 17.6 Å². The van der Waals surface area contributed by atoms with E-state index in [-0.39, 0.29) is 24.0 Å². The van der Waals surface area contributed by atoms with Gasteiger partial charge in [-0.05, 0) is 66.3 Å². The Morgan fingerprint density at radius 1 is 0.875 bits per heavy atom. The number of alkyl halides is 3. The summed E-state index contributed by atoms with van der Waals surface area (Å²) in [6.07, 6.45) is -2.60. The van der Waals surface area contributed by atoms with Crippen molar-refractivity contribution < 1.29 is 31.8 Å². The molecule has 3 aromatic rings. The topological polar surface area (TPSA) is 27.7 Å². The second-order valence-electron chi connectivity index (χ2n) is 7.76. The van der Waals surface area contributed by atoms with Crippen molar-refractivity contribution in [1.82, 2.24) is 0 Å². The fourth-order valence-corrected chi connectivity index (χ4v) is 3.55. The van der Waals surface area contributed by atoms with E-state index >= 15 is 0 Å². The standard InChI is InChI=1S/C25H22F4O3/c26-23-13-6-17(14-24(23)31-20-4-2-1-3-5-20)15-30-16-22(18-7-8-18)19-9-11-21(12-10-19)32-25(27,28)29/h1-6,9-14,18,22H,7-8,15-16H2. The average molecular weight is 446 g/mol. The third-order valence-corrected chi connectivity index (χ3v) is 5.27. The minimum atomic E-state index is -4.71. The average Bonchev–Trinajstić information content (AvgIpc) is 3.59. The van der Waals surface area contributed by atoms with Gasteiger partial charge in [-0.3, -0.25) is 0 Å². The van der Waals surface area contributed by atoms with Gasteiger partial charge in [0.1, 0.15) is 11.5 Å². The van der Waals surface area contributed by atoms with Crippen LogP contribution in [0.15, 0.2) is 72.8 Å². The molecular weight excluding hydrogens is 424 g/mol. The lowest BCUT2D eigenvalue weighted by Crippen LogP contribution is -2.17. The zero-order valence-corrected chi connectivity index (χ0v) is 17.1. The van der Waals surface area contributed by atoms with Gasteiger partial charge in [-0.1, -0.05) is 36.4 Å². The van der Waals surface area contributed by atoms with Crippen LogP contribution in [0.4, 0.5) is 17.6 Å². The molecule has 7 heteroatoms. The highest BCUT2D eigenvalue weighted by molar-refractivity contribution is 5.35. The Kier molecular flexibility index (Phi) is 6.65. The van der Waals surface area contributed by atoms with Gasteiger partial charge in [0.2, 0.25) is 0 Å². The first kappa shape index (κ1) is 22.1. The van der Waals surface area contributed by atoms with Gasteiger partial charge in [-0.2, -0.15) is 0 Å². The molecule has 0 heterocycles. The van der Waals surface area contributed by atoms with Gasteiger partial charge < -0.3 is 14.2 Å². The van der Waals surface area contributed by atoms with Gasteiger partial charge in [-0.15, -0.1) is 13.2 Å². The second kappa shape index (κ2) is 9.61. The Labute approximate surface area is 183 Å². The number of hydrogen-bond donors (Lipinski definition) is 0. The van der Waals surface area contributed by atoms with Gasteiger partial charge in [0.15, 0.2) is 11.6 Å². The maximum absolute atomic E-state index is 14.1. The fourth-order valence-electron chi connectivity index (χ4n) is 3.55. The predicted octanol–water partition coefficient (Wildman–Crippen LogP) is 7.23. The molecule has 1 unspecified atom stereocenters. The first-order valence-corrected chi connectivity index (χ1v) is 10.3. The molecule has 3 nitrogen and oxygen atoms in total. The van der Waals surface area contributed by atoms with E-state index in [2.05, 4.69) is 4.74 Å². The lowest BCUT2D eigenvalue weighted by atomic mass is 9.95. The van der Waals surface area contributed by atoms with E-state index < -0.39 is 12.2 Å². The zero-order valence-electron chi connectivity index (χ0n) is 17.1. The molecule has 0 amide bonds. The first-order chi connectivity index (χ1) is 15.4. The molecule has 32 heavy (non-hydrogen) atoms. The molecular formula is C25H22F4O3. The predicted molar refractivity (Wildman–Crippen MR) is 111 cm³/mol. The van der Waals surface area contributed by atoms with Crippen LogP contribution in [-0.2, 0) is 11.3 Å². The molecule has 1 fully saturated rings. The summed E-state index contributed by atoms with van der Waals surface area (Å²) in [5.41, 5.74) is 1.68. The van der Waals surface area contributed by atoms with Crippen molar-refractivity contribution in [2.45, 2.75) is 31.7 Å². The van der Waals surface area contributed by atoms with Crippen molar-refractivity contribution in [2.24, 2.45) is 5.92 Å². The first-order valence-electron chi connectivity index (χ1n) is 10.3. The number of para-hydroxylation sites is 1. The molecule has 0 N–H and O–H groups in total. The normalized spacial score (nSPS) is 14.8. The summed E-state index contributed by atoms with van der Waals surface area (Å²) in [5.74, 6) is 0.473. The molecule has 0 saturated heterocycles. The maximum Gasteiger partial charge on any atom is 0.573 e. The third-order valence-electron chi connectivity index (χ3n) is 5.27. The molecule has 4 rings (SSSR count). The molecule has 1 atom stereocenters. The molecule has 168 valence electrons. The highest BCUT2D eigenvalue weighted by Gasteiger charge is 2.33. The van der Waals surface area contributed by atoms with Crippen molar-refractivity contribution in [3.8, 4) is 17.2 Å². The van der Waals surface area contributed by atoms with Crippen LogP contribution in [0, 0.1) is 11.7 Å². The van der Waals surface area contributed by atoms with Crippen molar-refractivity contribution >= 4 is 0 Å². The van der Waals surface area contributed by atoms with E-state index in [0.29, 0.717) is 18.3 Å². The summed E-state index contributed by atoms with van der Waals surface area (Å²) in [6.45, 7) is 0.681. The SMILES string of the molecule is Fc1ccc(COCC(c2ccc(OC(F)(F)F)cc2)C2CC2)cc1Oc1ccccc1. The minimum absolute atomic E-state index is 0.0791. The van der Waals surface area contributed by atoms with Crippen molar-refractivity contribution in [1.29, 1.82) is 0 Å². The van der Waals surface area contributed by atoms with Crippen LogP contribution in [-0.4, -0.2) is 13.0 Å². The van der Waals surface area contributed by atoms with Gasteiger partial charge in [0.25, 0.3) is 0 Å². The summed E-state index contributed by atoms with van der Waals surface area (Å²) in [6, 6.07) is 19.5. The van der Waals surface area contributed by atoms with E-state index in [0.717, 1.165) is 24.0 Å². The summed E-state index contributed by atoms with van der Waals surface area (Å²) < 4.78 is 66.7. The summed E-state index contributed by atoms with van der Waals surface area (Å²) >= 11 is 0. The summed E-state index contributed by atoms with van der Waals surface area (Å²) in [5, 5.41) is 0. The molecule has 3 aromatic carbocycles. The zero-order chi connectivity index (χ0) is 22.6. The van der Waals surface area contributed by atoms with Crippen LogP contribution in [0.5, 0.6) is 17.2 Å². The number of benzene rings is 3. The van der Waals surface area contributed by atoms with Crippen LogP contribution < -0.4 is 9.47 Å². The Morgan fingerprint density at radius 3 is 2.25 bits per heavy atom. The van der Waals surface area contributed by atoms with Crippen molar-refractivity contribution in [3.05, 3.63) is 89.7 Å². The lowest BCUT2D eigenvalue weighted by molar-refractivity contribution is -0.274. The Hall–Kier alpha value is -3.06. The van der Waals surface area contributed by atoms with Gasteiger partial charge in [0, 0.05) is 5.92 Å². The number of halogens is 4. The molecule has 0 radical (unpaired) electrons. The summed E-state index contributed by atoms with van der Waals surface area (Å²) in [7, 11) is 0. The molecule has 0 aliphatic heterocycles. The van der Waals surface area contributed by atoms with Crippen LogP contribution in [0.1, 0.15) is 29.9 Å². The molecule has 1 saturated carbocycles. The third kappa shape index (κ3) is 6.23. The Balaban J connectivity index is 1.36. The minimum Gasteiger partial charge on any atom is -0.454 e. The molecule has 1 aliphatic carbocycles. The van der Waals surface area contributed by atoms with E-state index in [4.69, 9.17) is 9.47 Å². The second-order valence-corrected chi connectivity index (χ2v) is 7.76. The monoisotopic (exact) mass is 446 g/mol. The van der Waals surface area contributed by atoms with Gasteiger partial charge in [0.05, 0.1) is 13.2 Å². The fraction of sp³-hybridized carbons (Fsp3) is 0.280. The Bertz CT molecular complexity index is 1020. The summed E-state index contributed by atoms with van der Waals surface area (Å²) in [4.78, 5) is 0. The quantitative estimate of drug-likeness (QED) is 0.325. The van der Waals surface area contributed by atoms with Gasteiger partial charge in [-0.25, -0.2) is 4.39 Å². The van der Waals surface area contributed by atoms with Crippen LogP contribution in [0.3, 0.4) is 0 Å². The highest BCUT2D eigenvalue weighted by atomic mass is 19.4. The van der Waals surface area contributed by atoms with E-state index in [1.54, 1.807) is 48.5 Å². The van der Waals surface area contributed by atoms with Crippen molar-refractivity contribution in [2.75, 3.05) is 6.61 Å². The Morgan fingerprint density at radius 2 is 1.59 bits per heavy atom. The molecule has 0 bridgehead atoms. The molecule has 1 aliphatic rings. The molecule has 0 spiro atoms. The van der Waals surface area contributed by atoms with Crippen LogP contribution >= 0.6 is 0 Å². The largest absolute Gasteiger partial charge is 0.573 e. The smallest absolute Gasteiger partial charge is 0.454 e. The number of hydrogen-bond acceptors (Lipinski definition) is 3. The van der Waals surface area contributed by atoms with Crippen molar-refractivity contribution in [3.63, 3.8) is 0 Å². The number of rotatable bonds is 9. The van der Waals surface area contributed by atoms with Crippen LogP contribution in [0.2, 0.25) is 0 Å². The number of ether oxygens (including phenoxy) is 3. The van der Waals surface area contributed by atoms with E-state index in [1.807, 2.05) is 6.07 Å². The highest BCUT2D eigenvalue weighted by Crippen LogP contribution is 2.43. The van der Waals surface area contributed by atoms with Crippen LogP contribution in [0.25, 0.3) is 0 Å². The maximum atomic E-state index is 14.1. The lowest BCUT2D eigenvalue weighted by Gasteiger charge is -2.18. The van der Waals surface area contributed by atoms with Gasteiger partial charge >= 0.3 is 6.36 Å². The molecule has 0 aromatic heterocycles.